The van der Waals surface area contributed by atoms with Crippen LogP contribution in [0.5, 0.6) is 0 Å². The number of para-hydroxylation sites is 1. The molecule has 3 aromatic rings. The number of pyridine rings is 2. The summed E-state index contributed by atoms with van der Waals surface area (Å²) in [5.41, 5.74) is 1.32. The molecule has 4 heterocycles. The topological polar surface area (TPSA) is 137 Å². The first-order valence-electron chi connectivity index (χ1n) is 10.9. The first-order valence-corrected chi connectivity index (χ1v) is 12.4. The summed E-state index contributed by atoms with van der Waals surface area (Å²) in [5, 5.41) is 0.955. The fourth-order valence-corrected chi connectivity index (χ4v) is 4.54. The monoisotopic (exact) mass is 488 g/mol. The van der Waals surface area contributed by atoms with Gasteiger partial charge in [-0.25, -0.2) is 14.3 Å². The van der Waals surface area contributed by atoms with Gasteiger partial charge in [-0.3, -0.25) is 9.32 Å². The predicted octanol–water partition coefficient (Wildman–Crippen LogP) is 3.20. The van der Waals surface area contributed by atoms with Gasteiger partial charge in [0.05, 0.1) is 29.0 Å². The maximum atomic E-state index is 13.3. The Morgan fingerprint density at radius 3 is 2.65 bits per heavy atom. The molecule has 2 aromatic heterocycles. The van der Waals surface area contributed by atoms with Crippen LogP contribution in [0.3, 0.4) is 0 Å². The van der Waals surface area contributed by atoms with Crippen LogP contribution < -0.4 is 5.56 Å². The van der Waals surface area contributed by atoms with Crippen LogP contribution in [-0.2, 0) is 42.1 Å². The Morgan fingerprint density at radius 2 is 1.94 bits per heavy atom. The zero-order valence-corrected chi connectivity index (χ0v) is 19.9. The van der Waals surface area contributed by atoms with Crippen LogP contribution in [0.4, 0.5) is 0 Å². The van der Waals surface area contributed by atoms with Gasteiger partial charge in [0.25, 0.3) is 5.56 Å². The van der Waals surface area contributed by atoms with Crippen LogP contribution in [-0.4, -0.2) is 32.1 Å². The van der Waals surface area contributed by atoms with E-state index in [1.165, 1.54) is 0 Å². The zero-order valence-electron chi connectivity index (χ0n) is 19.0. The maximum absolute atomic E-state index is 13.3. The Balaban J connectivity index is 0.00000133. The number of carbonyl (C=O) groups excluding carboxylic acids is 1. The first kappa shape index (κ1) is 24.3. The fraction of sp³-hybridized carbons (Fsp3) is 0.348. The van der Waals surface area contributed by atoms with Crippen LogP contribution in [0.25, 0.3) is 22.3 Å². The summed E-state index contributed by atoms with van der Waals surface area (Å²) in [6, 6.07) is 11.3. The van der Waals surface area contributed by atoms with Gasteiger partial charge < -0.3 is 23.8 Å². The molecule has 180 valence electrons. The Hall–Kier alpha value is -2.88. The number of esters is 1. The molecule has 0 unspecified atom stereocenters. The highest BCUT2D eigenvalue weighted by atomic mass is 31.2. The van der Waals surface area contributed by atoms with Crippen LogP contribution in [0, 0.1) is 0 Å². The third kappa shape index (κ3) is 3.97. The highest BCUT2D eigenvalue weighted by Crippen LogP contribution is 2.42. The summed E-state index contributed by atoms with van der Waals surface area (Å²) in [7, 11) is -4.82. The minimum Gasteiger partial charge on any atom is -0.458 e. The van der Waals surface area contributed by atoms with Crippen LogP contribution in [0.1, 0.15) is 43.9 Å². The molecule has 2 aliphatic heterocycles. The average molecular weight is 488 g/mol. The molecule has 0 spiro atoms. The third-order valence-corrected chi connectivity index (χ3v) is 6.35. The molecule has 10 nitrogen and oxygen atoms in total. The summed E-state index contributed by atoms with van der Waals surface area (Å²) in [5.74, 6) is -0.754. The van der Waals surface area contributed by atoms with Crippen molar-refractivity contribution in [3.63, 3.8) is 0 Å². The smallest absolute Gasteiger partial charge is 0.458 e. The van der Waals surface area contributed by atoms with Gasteiger partial charge in [-0.1, -0.05) is 39.0 Å². The van der Waals surface area contributed by atoms with E-state index in [0.717, 1.165) is 16.5 Å². The fourth-order valence-electron chi connectivity index (χ4n) is 4.35. The average Bonchev–Trinajstić information content (AvgIpc) is 3.17. The lowest BCUT2D eigenvalue weighted by Gasteiger charge is -2.35. The number of hydrogen-bond acceptors (Lipinski definition) is 7. The number of aromatic nitrogens is 2. The minimum absolute atomic E-state index is 0.0598. The molecular formula is C23H25N2O8P. The van der Waals surface area contributed by atoms with Crippen molar-refractivity contribution in [2.45, 2.75) is 45.9 Å². The Morgan fingerprint density at radius 1 is 1.21 bits per heavy atom. The maximum Gasteiger partial charge on any atom is 0.471 e. The van der Waals surface area contributed by atoms with Gasteiger partial charge in [-0.05, 0) is 24.6 Å². The minimum atomic E-state index is -4.82. The van der Waals surface area contributed by atoms with E-state index < -0.39 is 26.2 Å². The number of carbonyl (C=O) groups is 1. The molecule has 0 fully saturated rings. The molecule has 11 heteroatoms. The third-order valence-electron chi connectivity index (χ3n) is 5.91. The number of benzene rings is 1. The largest absolute Gasteiger partial charge is 0.471 e. The summed E-state index contributed by atoms with van der Waals surface area (Å²) in [6.45, 7) is 4.91. The van der Waals surface area contributed by atoms with Crippen LogP contribution in [0.15, 0.2) is 41.2 Å². The molecule has 0 saturated carbocycles. The highest BCUT2D eigenvalue weighted by Gasteiger charge is 2.48. The molecule has 0 saturated heterocycles. The normalized spacial score (nSPS) is 18.4. The number of fused-ring (bicyclic) bond motifs is 5. The predicted molar refractivity (Wildman–Crippen MR) is 123 cm³/mol. The van der Waals surface area contributed by atoms with Gasteiger partial charge >= 0.3 is 13.8 Å². The van der Waals surface area contributed by atoms with Gasteiger partial charge in [0.1, 0.15) is 6.61 Å². The van der Waals surface area contributed by atoms with Crippen molar-refractivity contribution in [3.8, 4) is 11.4 Å². The van der Waals surface area contributed by atoms with E-state index >= 15 is 0 Å². The molecular weight excluding hydrogens is 463 g/mol. The number of nitrogens with zero attached hydrogens (tertiary/aromatic N) is 2. The SMILES string of the molecule is CC.CC[C@@]1(OCOP(=O)(O)O)C(=O)OCc2c1cc1n(c2=O)Cc2cc3ccccc3nc2-1. The van der Waals surface area contributed by atoms with Crippen molar-refractivity contribution in [2.24, 2.45) is 0 Å². The van der Waals surface area contributed by atoms with Crippen molar-refractivity contribution in [3.05, 3.63) is 63.4 Å². The second kappa shape index (κ2) is 9.05. The Labute approximate surface area is 195 Å². The summed E-state index contributed by atoms with van der Waals surface area (Å²) in [6.07, 6.45) is 0.0598. The lowest BCUT2D eigenvalue weighted by atomic mass is 9.85. The van der Waals surface area contributed by atoms with Crippen molar-refractivity contribution < 1.29 is 33.1 Å². The van der Waals surface area contributed by atoms with Crippen molar-refractivity contribution in [1.29, 1.82) is 0 Å². The molecule has 0 bridgehead atoms. The molecule has 2 aliphatic rings. The number of cyclic esters (lactones) is 1. The van der Waals surface area contributed by atoms with Gasteiger partial charge in [-0.2, -0.15) is 0 Å². The number of ether oxygens (including phenoxy) is 2. The molecule has 0 radical (unpaired) electrons. The standard InChI is InChI=1S/C21H19N2O8P.C2H6/c1-2-21(30-11-31-32(26,27)28)15-8-17-18-13(7-12-5-3-4-6-16(12)22-18)9-23(17)19(24)14(15)10-29-20(21)25;1-2/h3-8H,2,9-11H2,1H3,(H2,26,27,28);1-2H3/t21-;/m0./s1. The first-order chi connectivity index (χ1) is 16.2. The highest BCUT2D eigenvalue weighted by molar-refractivity contribution is 7.46. The van der Waals surface area contributed by atoms with E-state index in [2.05, 4.69) is 4.52 Å². The Bertz CT molecular complexity index is 1380. The van der Waals surface area contributed by atoms with Crippen molar-refractivity contribution >= 4 is 24.7 Å². The molecule has 0 aliphatic carbocycles. The van der Waals surface area contributed by atoms with Crippen LogP contribution in [0.2, 0.25) is 0 Å². The van der Waals surface area contributed by atoms with Crippen molar-refractivity contribution in [1.82, 2.24) is 9.55 Å². The van der Waals surface area contributed by atoms with Gasteiger partial charge in [0, 0.05) is 16.5 Å². The van der Waals surface area contributed by atoms with Gasteiger partial charge in [-0.15, -0.1) is 0 Å². The van der Waals surface area contributed by atoms with E-state index in [1.54, 1.807) is 17.6 Å². The molecule has 0 amide bonds. The lowest BCUT2D eigenvalue weighted by Crippen LogP contribution is -2.46. The number of phosphoric ester groups is 1. The second-order valence-corrected chi connectivity index (χ2v) is 8.88. The van der Waals surface area contributed by atoms with E-state index in [4.69, 9.17) is 24.2 Å². The molecule has 1 aromatic carbocycles. The molecule has 5 rings (SSSR count). The van der Waals surface area contributed by atoms with Crippen LogP contribution >= 0.6 is 7.82 Å². The summed E-state index contributed by atoms with van der Waals surface area (Å²) < 4.78 is 27.8. The molecule has 2 N–H and O–H groups in total. The quantitative estimate of drug-likeness (QED) is 0.246. The Kier molecular flexibility index (Phi) is 6.46. The molecule has 34 heavy (non-hydrogen) atoms. The van der Waals surface area contributed by atoms with E-state index in [-0.39, 0.29) is 24.2 Å². The molecule has 1 atom stereocenters. The number of rotatable bonds is 5. The van der Waals surface area contributed by atoms with Gasteiger partial charge in [0.15, 0.2) is 12.4 Å². The number of phosphoric acid groups is 1. The summed E-state index contributed by atoms with van der Waals surface area (Å²) >= 11 is 0. The van der Waals surface area contributed by atoms with Gasteiger partial charge in [0.2, 0.25) is 0 Å². The zero-order chi connectivity index (χ0) is 24.7. The van der Waals surface area contributed by atoms with Crippen molar-refractivity contribution in [2.75, 3.05) is 6.79 Å². The van der Waals surface area contributed by atoms with E-state index in [1.807, 2.05) is 44.2 Å². The summed E-state index contributed by atoms with van der Waals surface area (Å²) in [4.78, 5) is 48.8. The number of hydrogen-bond donors (Lipinski definition) is 2. The second-order valence-electron chi connectivity index (χ2n) is 7.64. The lowest BCUT2D eigenvalue weighted by molar-refractivity contribution is -0.192. The van der Waals surface area contributed by atoms with E-state index in [0.29, 0.717) is 23.5 Å². The van der Waals surface area contributed by atoms with E-state index in [9.17, 15) is 14.2 Å².